The number of carbonyl (C=O) groups excluding carboxylic acids is 3. The highest BCUT2D eigenvalue weighted by Crippen LogP contribution is 2.65. The van der Waals surface area contributed by atoms with Crippen LogP contribution in [0.4, 0.5) is 5.69 Å². The lowest BCUT2D eigenvalue weighted by molar-refractivity contribution is -0.146. The maximum absolute atomic E-state index is 13.7. The number of fused-ring (bicyclic) bond motifs is 1. The monoisotopic (exact) mass is 463 g/mol. The molecule has 3 N–H and O–H groups in total. The van der Waals surface area contributed by atoms with Crippen molar-refractivity contribution in [2.45, 2.75) is 50.9 Å². The van der Waals surface area contributed by atoms with Crippen molar-refractivity contribution >= 4 is 35.0 Å². The molecule has 2 bridgehead atoms. The molecule has 1 spiro atoms. The van der Waals surface area contributed by atoms with Crippen molar-refractivity contribution in [1.29, 1.82) is 0 Å². The smallest absolute Gasteiger partial charge is 0.250 e. The molecule has 3 saturated heterocycles. The first kappa shape index (κ1) is 23.0. The van der Waals surface area contributed by atoms with Gasteiger partial charge >= 0.3 is 0 Å². The van der Waals surface area contributed by atoms with Crippen molar-refractivity contribution < 1.29 is 24.2 Å². The molecule has 32 heavy (non-hydrogen) atoms. The molecule has 3 aliphatic rings. The largest absolute Gasteiger partial charge is 0.396 e. The van der Waals surface area contributed by atoms with Crippen LogP contribution in [0.3, 0.4) is 0 Å². The first-order chi connectivity index (χ1) is 15.1. The van der Waals surface area contributed by atoms with Gasteiger partial charge < -0.3 is 25.4 Å². The molecule has 3 fully saturated rings. The Kier molecular flexibility index (Phi) is 5.76. The number of aliphatic hydroxyl groups excluding tert-OH is 1. The summed E-state index contributed by atoms with van der Waals surface area (Å²) in [5.41, 5.74) is -0.672. The summed E-state index contributed by atoms with van der Waals surface area (Å²) in [5.74, 6) is -2.42. The van der Waals surface area contributed by atoms with Crippen LogP contribution >= 0.6 is 11.6 Å². The minimum Gasteiger partial charge on any atom is -0.396 e. The van der Waals surface area contributed by atoms with Gasteiger partial charge in [0.25, 0.3) is 0 Å². The van der Waals surface area contributed by atoms with Crippen molar-refractivity contribution in [3.05, 3.63) is 28.8 Å². The molecule has 3 aliphatic heterocycles. The van der Waals surface area contributed by atoms with Gasteiger partial charge in [-0.3, -0.25) is 14.4 Å². The molecular weight excluding hydrogens is 434 g/mol. The number of hydrogen-bond donors (Lipinski definition) is 3. The quantitative estimate of drug-likeness (QED) is 0.595. The van der Waals surface area contributed by atoms with Gasteiger partial charge in [-0.2, -0.15) is 0 Å². The number of halogens is 1. The number of aryl methyl sites for hydroxylation is 1. The fourth-order valence-electron chi connectivity index (χ4n) is 6.06. The van der Waals surface area contributed by atoms with Gasteiger partial charge in [0.2, 0.25) is 17.7 Å². The Morgan fingerprint density at radius 3 is 2.69 bits per heavy atom. The summed E-state index contributed by atoms with van der Waals surface area (Å²) in [6.45, 7) is 5.78. The van der Waals surface area contributed by atoms with Crippen LogP contribution in [0.1, 0.15) is 32.3 Å². The average molecular weight is 464 g/mol. The highest BCUT2D eigenvalue weighted by Gasteiger charge is 2.79. The van der Waals surface area contributed by atoms with E-state index in [0.29, 0.717) is 23.6 Å². The summed E-state index contributed by atoms with van der Waals surface area (Å²) in [6, 6.07) is 4.40. The van der Waals surface area contributed by atoms with Crippen molar-refractivity contribution in [3.8, 4) is 0 Å². The molecule has 0 radical (unpaired) electrons. The Morgan fingerprint density at radius 2 is 2.06 bits per heavy atom. The molecule has 6 atom stereocenters. The standard InChI is InChI=1S/C23H30ClN3O5/c1-12-7-5-8-14(24)17(12)26-20(30)18-23-11-13(2)22(3,32-23)15(19(29)25-4)16(23)21(31)27(18)9-6-10-28/h5,7-8,13,15-16,18,28H,6,9-11H2,1-4H3,(H,25,29)(H,26,30)/t13?,15-,16-,18?,22+,23?/m0/s1. The Morgan fingerprint density at radius 1 is 1.34 bits per heavy atom. The number of hydrogen-bond acceptors (Lipinski definition) is 5. The first-order valence-corrected chi connectivity index (χ1v) is 11.4. The van der Waals surface area contributed by atoms with Crippen molar-refractivity contribution in [1.82, 2.24) is 10.2 Å². The first-order valence-electron chi connectivity index (χ1n) is 11.0. The van der Waals surface area contributed by atoms with E-state index in [0.717, 1.165) is 5.56 Å². The molecule has 0 aromatic heterocycles. The summed E-state index contributed by atoms with van der Waals surface area (Å²) in [6.07, 6.45) is 0.809. The predicted octanol–water partition coefficient (Wildman–Crippen LogP) is 1.73. The molecule has 1 aromatic carbocycles. The summed E-state index contributed by atoms with van der Waals surface area (Å²) < 4.78 is 6.55. The van der Waals surface area contributed by atoms with Crippen LogP contribution in [-0.2, 0) is 19.1 Å². The number of carbonyl (C=O) groups is 3. The zero-order valence-electron chi connectivity index (χ0n) is 18.8. The number of para-hydroxylation sites is 1. The Hall–Kier alpha value is -2.16. The number of aliphatic hydroxyl groups is 1. The van der Waals surface area contributed by atoms with Gasteiger partial charge in [0.05, 0.1) is 28.1 Å². The van der Waals surface area contributed by atoms with E-state index in [9.17, 15) is 19.5 Å². The number of likely N-dealkylation sites (tertiary alicyclic amines) is 1. The van der Waals surface area contributed by atoms with Crippen molar-refractivity contribution in [2.24, 2.45) is 17.8 Å². The molecule has 0 saturated carbocycles. The molecule has 1 aromatic rings. The number of amides is 3. The van der Waals surface area contributed by atoms with Crippen LogP contribution in [0.25, 0.3) is 0 Å². The number of nitrogens with zero attached hydrogens (tertiary/aromatic N) is 1. The fraction of sp³-hybridized carbons (Fsp3) is 0.609. The number of benzene rings is 1. The Bertz CT molecular complexity index is 951. The highest BCUT2D eigenvalue weighted by molar-refractivity contribution is 6.34. The number of anilines is 1. The van der Waals surface area contributed by atoms with Crippen LogP contribution in [-0.4, -0.2) is 65.2 Å². The fourth-order valence-corrected chi connectivity index (χ4v) is 6.33. The van der Waals surface area contributed by atoms with Crippen molar-refractivity contribution in [3.63, 3.8) is 0 Å². The maximum atomic E-state index is 13.7. The van der Waals surface area contributed by atoms with Gasteiger partial charge in [0.15, 0.2) is 0 Å². The number of rotatable bonds is 6. The second-order valence-corrected chi connectivity index (χ2v) is 9.76. The van der Waals surface area contributed by atoms with E-state index in [1.54, 1.807) is 19.2 Å². The van der Waals surface area contributed by atoms with E-state index < -0.39 is 35.0 Å². The summed E-state index contributed by atoms with van der Waals surface area (Å²) in [7, 11) is 1.54. The van der Waals surface area contributed by atoms with Crippen LogP contribution in [0, 0.1) is 24.7 Å². The maximum Gasteiger partial charge on any atom is 0.250 e. The minimum atomic E-state index is -1.11. The predicted molar refractivity (Wildman–Crippen MR) is 119 cm³/mol. The molecule has 3 heterocycles. The molecule has 0 aliphatic carbocycles. The Labute approximate surface area is 192 Å². The highest BCUT2D eigenvalue weighted by atomic mass is 35.5. The topological polar surface area (TPSA) is 108 Å². The average Bonchev–Trinajstić information content (AvgIpc) is 3.25. The molecule has 9 heteroatoms. The molecular formula is C23H30ClN3O5. The van der Waals surface area contributed by atoms with E-state index in [-0.39, 0.29) is 30.9 Å². The van der Waals surface area contributed by atoms with Gasteiger partial charge in [-0.15, -0.1) is 0 Å². The van der Waals surface area contributed by atoms with E-state index in [2.05, 4.69) is 10.6 Å². The van der Waals surface area contributed by atoms with Gasteiger partial charge in [0.1, 0.15) is 11.6 Å². The third kappa shape index (κ3) is 3.07. The summed E-state index contributed by atoms with van der Waals surface area (Å²) >= 11 is 6.33. The van der Waals surface area contributed by atoms with Crippen molar-refractivity contribution in [2.75, 3.05) is 25.5 Å². The second-order valence-electron chi connectivity index (χ2n) is 9.35. The van der Waals surface area contributed by atoms with Gasteiger partial charge in [0, 0.05) is 20.2 Å². The van der Waals surface area contributed by atoms with E-state index >= 15 is 0 Å². The molecule has 3 amide bonds. The lowest BCUT2D eigenvalue weighted by Gasteiger charge is -2.36. The Balaban J connectivity index is 1.78. The van der Waals surface area contributed by atoms with E-state index in [1.807, 2.05) is 26.8 Å². The molecule has 8 nitrogen and oxygen atoms in total. The number of ether oxygens (including phenoxy) is 1. The third-order valence-electron chi connectivity index (χ3n) is 7.62. The number of nitrogens with one attached hydrogen (secondary N) is 2. The lowest BCUT2D eigenvalue weighted by atomic mass is 9.62. The van der Waals surface area contributed by atoms with E-state index in [1.165, 1.54) is 4.90 Å². The van der Waals surface area contributed by atoms with Gasteiger partial charge in [-0.25, -0.2) is 0 Å². The zero-order valence-corrected chi connectivity index (χ0v) is 19.5. The second kappa shape index (κ2) is 8.01. The van der Waals surface area contributed by atoms with Crippen LogP contribution in [0.5, 0.6) is 0 Å². The lowest BCUT2D eigenvalue weighted by Crippen LogP contribution is -2.54. The normalized spacial score (nSPS) is 35.2. The SMILES string of the molecule is CNC(=O)[C@@H]1[C@H]2C(=O)N(CCCO)C(C(=O)Nc3c(C)cccc3Cl)C23CC(C)[C@@]1(C)O3. The summed E-state index contributed by atoms with van der Waals surface area (Å²) in [4.78, 5) is 41.7. The van der Waals surface area contributed by atoms with Crippen LogP contribution in [0.2, 0.25) is 5.02 Å². The zero-order chi connectivity index (χ0) is 23.4. The molecule has 4 rings (SSSR count). The van der Waals surface area contributed by atoms with Gasteiger partial charge in [-0.05, 0) is 44.2 Å². The van der Waals surface area contributed by atoms with Crippen LogP contribution < -0.4 is 10.6 Å². The van der Waals surface area contributed by atoms with Crippen LogP contribution in [0.15, 0.2) is 18.2 Å². The van der Waals surface area contributed by atoms with E-state index in [4.69, 9.17) is 16.3 Å². The third-order valence-corrected chi connectivity index (χ3v) is 7.93. The molecule has 174 valence electrons. The summed E-state index contributed by atoms with van der Waals surface area (Å²) in [5, 5.41) is 15.4. The minimum absolute atomic E-state index is 0.0241. The molecule has 3 unspecified atom stereocenters. The van der Waals surface area contributed by atoms with Gasteiger partial charge in [-0.1, -0.05) is 30.7 Å².